The zero-order valence-corrected chi connectivity index (χ0v) is 13.5. The summed E-state index contributed by atoms with van der Waals surface area (Å²) in [6.07, 6.45) is 1.72. The molecule has 2 rings (SSSR count). The van der Waals surface area contributed by atoms with Gasteiger partial charge in [0.05, 0.1) is 18.3 Å². The molecule has 0 unspecified atom stereocenters. The van der Waals surface area contributed by atoms with Crippen LogP contribution in [-0.4, -0.2) is 45.0 Å². The van der Waals surface area contributed by atoms with Crippen molar-refractivity contribution in [2.45, 2.75) is 6.92 Å². The lowest BCUT2D eigenvalue weighted by Gasteiger charge is -2.12. The van der Waals surface area contributed by atoms with Crippen molar-refractivity contribution in [3.8, 4) is 0 Å². The molecule has 5 heteroatoms. The first-order valence-electron chi connectivity index (χ1n) is 6.93. The molecule has 5 nitrogen and oxygen atoms in total. The predicted molar refractivity (Wildman–Crippen MR) is 86.2 cm³/mol. The van der Waals surface area contributed by atoms with Crippen molar-refractivity contribution < 1.29 is 14.3 Å². The van der Waals surface area contributed by atoms with Gasteiger partial charge in [0.1, 0.15) is 0 Å². The van der Waals surface area contributed by atoms with Gasteiger partial charge in [-0.05, 0) is 30.7 Å². The van der Waals surface area contributed by atoms with E-state index in [1.165, 1.54) is 12.0 Å². The van der Waals surface area contributed by atoms with Crippen molar-refractivity contribution in [3.05, 3.63) is 46.7 Å². The number of methoxy groups -OCH3 is 1. The average molecular weight is 300 g/mol. The van der Waals surface area contributed by atoms with Crippen LogP contribution in [0.15, 0.2) is 41.1 Å². The van der Waals surface area contributed by atoms with Crippen LogP contribution in [0.2, 0.25) is 0 Å². The second-order valence-electron chi connectivity index (χ2n) is 5.36. The van der Waals surface area contributed by atoms with Gasteiger partial charge in [-0.25, -0.2) is 4.79 Å². The fraction of sp³-hybridized carbons (Fsp3) is 0.294. The summed E-state index contributed by atoms with van der Waals surface area (Å²) in [5.41, 5.74) is 3.22. The van der Waals surface area contributed by atoms with Gasteiger partial charge in [-0.15, -0.1) is 0 Å². The molecule has 1 aliphatic rings. The molecule has 1 aromatic rings. The van der Waals surface area contributed by atoms with Gasteiger partial charge in [-0.3, -0.25) is 4.79 Å². The maximum atomic E-state index is 12.3. The van der Waals surface area contributed by atoms with Crippen molar-refractivity contribution in [3.63, 3.8) is 0 Å². The number of carbonyl (C=O) groups is 2. The van der Waals surface area contributed by atoms with Gasteiger partial charge >= 0.3 is 5.97 Å². The number of hydrogen-bond acceptors (Lipinski definition) is 4. The van der Waals surface area contributed by atoms with E-state index in [-0.39, 0.29) is 5.91 Å². The van der Waals surface area contributed by atoms with Gasteiger partial charge in [-0.1, -0.05) is 12.1 Å². The number of allylic oxidation sites excluding steroid dienone is 1. The number of ether oxygens (including phenoxy) is 1. The van der Waals surface area contributed by atoms with Crippen molar-refractivity contribution >= 4 is 23.6 Å². The van der Waals surface area contributed by atoms with Crippen LogP contribution in [0.5, 0.6) is 0 Å². The average Bonchev–Trinajstić information content (AvgIpc) is 2.71. The third-order valence-electron chi connectivity index (χ3n) is 3.78. The highest BCUT2D eigenvalue weighted by Crippen LogP contribution is 2.30. The summed E-state index contributed by atoms with van der Waals surface area (Å²) in [6.45, 7) is 1.74. The molecule has 1 heterocycles. The van der Waals surface area contributed by atoms with Crippen molar-refractivity contribution in [2.75, 3.05) is 33.2 Å². The predicted octanol–water partition coefficient (Wildman–Crippen LogP) is 2.06. The van der Waals surface area contributed by atoms with E-state index >= 15 is 0 Å². The van der Waals surface area contributed by atoms with Crippen molar-refractivity contribution in [2.24, 2.45) is 0 Å². The van der Waals surface area contributed by atoms with Gasteiger partial charge < -0.3 is 14.5 Å². The number of nitrogens with zero attached hydrogens (tertiary/aromatic N) is 2. The number of benzene rings is 1. The normalized spacial score (nSPS) is 16.5. The monoisotopic (exact) mass is 300 g/mol. The SMILES string of the molecule is COC(=O)C1=C(C)N(C)C(=O)/C1=C\c1ccc(N(C)C)cc1. The standard InChI is InChI=1S/C17H20N2O3/c1-11-15(17(21)22-5)14(16(20)19(11)4)10-12-6-8-13(9-7-12)18(2)3/h6-10H,1-5H3/b14-10-. The zero-order chi connectivity index (χ0) is 16.4. The summed E-state index contributed by atoms with van der Waals surface area (Å²) in [5, 5.41) is 0. The van der Waals surface area contributed by atoms with Crippen molar-refractivity contribution in [1.82, 2.24) is 4.90 Å². The summed E-state index contributed by atoms with van der Waals surface area (Å²) in [5.74, 6) is -0.694. The van der Waals surface area contributed by atoms with Crippen LogP contribution in [0.3, 0.4) is 0 Å². The molecule has 0 spiro atoms. The lowest BCUT2D eigenvalue weighted by molar-refractivity contribution is -0.136. The third kappa shape index (κ3) is 2.74. The van der Waals surface area contributed by atoms with E-state index in [2.05, 4.69) is 0 Å². The summed E-state index contributed by atoms with van der Waals surface area (Å²) >= 11 is 0. The van der Waals surface area contributed by atoms with E-state index < -0.39 is 5.97 Å². The molecule has 22 heavy (non-hydrogen) atoms. The minimum Gasteiger partial charge on any atom is -0.465 e. The van der Waals surface area contributed by atoms with E-state index in [0.29, 0.717) is 16.8 Å². The first kappa shape index (κ1) is 15.8. The van der Waals surface area contributed by atoms with Crippen LogP contribution in [0.25, 0.3) is 6.08 Å². The molecule has 0 aromatic heterocycles. The minimum absolute atomic E-state index is 0.199. The Hall–Kier alpha value is -2.56. The number of anilines is 1. The Morgan fingerprint density at radius 2 is 1.82 bits per heavy atom. The maximum Gasteiger partial charge on any atom is 0.340 e. The number of carbonyl (C=O) groups excluding carboxylic acids is 2. The highest BCUT2D eigenvalue weighted by molar-refractivity contribution is 6.16. The fourth-order valence-corrected chi connectivity index (χ4v) is 2.33. The number of likely N-dealkylation sites (N-methyl/N-ethyl adjacent to an activating group) is 1. The molecule has 0 fully saturated rings. The molecule has 116 valence electrons. The lowest BCUT2D eigenvalue weighted by atomic mass is 10.0. The Bertz CT molecular complexity index is 670. The molecule has 0 N–H and O–H groups in total. The molecule has 0 aliphatic carbocycles. The van der Waals surface area contributed by atoms with Crippen LogP contribution in [0.4, 0.5) is 5.69 Å². The van der Waals surface area contributed by atoms with Crippen LogP contribution >= 0.6 is 0 Å². The van der Waals surface area contributed by atoms with Gasteiger partial charge in [0.15, 0.2) is 0 Å². The Labute approximate surface area is 130 Å². The second kappa shape index (κ2) is 6.05. The van der Waals surface area contributed by atoms with E-state index in [4.69, 9.17) is 4.74 Å². The molecular formula is C17H20N2O3. The highest BCUT2D eigenvalue weighted by atomic mass is 16.5. The van der Waals surface area contributed by atoms with E-state index in [9.17, 15) is 9.59 Å². The molecule has 1 aromatic carbocycles. The van der Waals surface area contributed by atoms with Crippen LogP contribution in [0.1, 0.15) is 12.5 Å². The Morgan fingerprint density at radius 1 is 1.23 bits per heavy atom. The number of esters is 1. The first-order chi connectivity index (χ1) is 10.4. The Morgan fingerprint density at radius 3 is 2.32 bits per heavy atom. The Balaban J connectivity index is 2.44. The van der Waals surface area contributed by atoms with Gasteiger partial charge in [0, 0.05) is 32.5 Å². The smallest absolute Gasteiger partial charge is 0.340 e. The van der Waals surface area contributed by atoms with E-state index in [0.717, 1.165) is 11.3 Å². The topological polar surface area (TPSA) is 49.9 Å². The van der Waals surface area contributed by atoms with E-state index in [1.807, 2.05) is 43.3 Å². The molecule has 1 aliphatic heterocycles. The molecule has 0 saturated carbocycles. The lowest BCUT2D eigenvalue weighted by Crippen LogP contribution is -2.19. The molecule has 0 saturated heterocycles. The van der Waals surface area contributed by atoms with Gasteiger partial charge in [0.2, 0.25) is 0 Å². The molecule has 0 radical (unpaired) electrons. The zero-order valence-electron chi connectivity index (χ0n) is 13.5. The van der Waals surface area contributed by atoms with Crippen LogP contribution < -0.4 is 4.90 Å². The fourth-order valence-electron chi connectivity index (χ4n) is 2.33. The van der Waals surface area contributed by atoms with Crippen LogP contribution in [0, 0.1) is 0 Å². The van der Waals surface area contributed by atoms with Crippen LogP contribution in [-0.2, 0) is 14.3 Å². The number of amides is 1. The third-order valence-corrected chi connectivity index (χ3v) is 3.78. The summed E-state index contributed by atoms with van der Waals surface area (Å²) in [6, 6.07) is 7.75. The summed E-state index contributed by atoms with van der Waals surface area (Å²) in [4.78, 5) is 27.7. The molecule has 0 atom stereocenters. The molecule has 1 amide bonds. The maximum absolute atomic E-state index is 12.3. The van der Waals surface area contributed by atoms with Gasteiger partial charge in [0.25, 0.3) is 5.91 Å². The second-order valence-corrected chi connectivity index (χ2v) is 5.36. The van der Waals surface area contributed by atoms with E-state index in [1.54, 1.807) is 20.0 Å². The Kier molecular flexibility index (Phi) is 4.35. The van der Waals surface area contributed by atoms with Crippen molar-refractivity contribution in [1.29, 1.82) is 0 Å². The first-order valence-corrected chi connectivity index (χ1v) is 6.93. The quantitative estimate of drug-likeness (QED) is 0.633. The molecule has 0 bridgehead atoms. The summed E-state index contributed by atoms with van der Waals surface area (Å²) in [7, 11) is 6.89. The van der Waals surface area contributed by atoms with Gasteiger partial charge in [-0.2, -0.15) is 0 Å². The summed E-state index contributed by atoms with van der Waals surface area (Å²) < 4.78 is 4.80. The minimum atomic E-state index is -0.494. The largest absolute Gasteiger partial charge is 0.465 e. The highest BCUT2D eigenvalue weighted by Gasteiger charge is 2.34. The number of rotatable bonds is 3. The molecular weight excluding hydrogens is 280 g/mol. The number of hydrogen-bond donors (Lipinski definition) is 0.